The molecule has 0 atom stereocenters. The van der Waals surface area contributed by atoms with Crippen LogP contribution >= 0.6 is 15.9 Å². The highest BCUT2D eigenvalue weighted by atomic mass is 79.9. The zero-order chi connectivity index (χ0) is 20.7. The Kier molecular flexibility index (Phi) is 7.63. The molecule has 0 spiro atoms. The van der Waals surface area contributed by atoms with Gasteiger partial charge in [0.2, 0.25) is 5.91 Å². The zero-order valence-electron chi connectivity index (χ0n) is 16.8. The van der Waals surface area contributed by atoms with Crippen molar-refractivity contribution in [2.24, 2.45) is 0 Å². The molecule has 0 aliphatic heterocycles. The molecule has 0 radical (unpaired) electrons. The van der Waals surface area contributed by atoms with E-state index in [1.807, 2.05) is 25.1 Å². The number of ether oxygens (including phenoxy) is 1. The Morgan fingerprint density at radius 3 is 2.04 bits per heavy atom. The Morgan fingerprint density at radius 2 is 1.54 bits per heavy atom. The lowest BCUT2D eigenvalue weighted by Gasteiger charge is -2.20. The van der Waals surface area contributed by atoms with E-state index >= 15 is 0 Å². The van der Waals surface area contributed by atoms with Crippen LogP contribution < -0.4 is 15.4 Å². The molecule has 2 aromatic rings. The number of halogens is 1. The van der Waals surface area contributed by atoms with Crippen LogP contribution in [-0.2, 0) is 15.0 Å². The number of nitrogens with one attached hydrogen (secondary N) is 2. The van der Waals surface area contributed by atoms with E-state index in [1.54, 1.807) is 24.3 Å². The molecule has 0 unspecified atom stereocenters. The quantitative estimate of drug-likeness (QED) is 0.589. The topological polar surface area (TPSA) is 67.4 Å². The molecule has 0 saturated heterocycles. The first-order valence-corrected chi connectivity index (χ1v) is 10.1. The molecular formula is C22H27BrN2O3. The van der Waals surface area contributed by atoms with Gasteiger partial charge in [-0.15, -0.1) is 0 Å². The lowest BCUT2D eigenvalue weighted by Crippen LogP contribution is -2.20. The molecule has 5 nitrogen and oxygen atoms in total. The molecule has 150 valence electrons. The minimum atomic E-state index is -0.255. The average Bonchev–Trinajstić information content (AvgIpc) is 2.61. The number of hydrogen-bond acceptors (Lipinski definition) is 3. The summed E-state index contributed by atoms with van der Waals surface area (Å²) in [4.78, 5) is 23.7. The van der Waals surface area contributed by atoms with Gasteiger partial charge in [0.15, 0.2) is 6.61 Å². The summed E-state index contributed by atoms with van der Waals surface area (Å²) in [5, 5.41) is 5.59. The minimum absolute atomic E-state index is 0.0178. The first-order chi connectivity index (χ1) is 13.2. The Morgan fingerprint density at radius 1 is 0.964 bits per heavy atom. The lowest BCUT2D eigenvalue weighted by molar-refractivity contribution is -0.118. The van der Waals surface area contributed by atoms with Crippen LogP contribution in [0.3, 0.4) is 0 Å². The van der Waals surface area contributed by atoms with E-state index < -0.39 is 0 Å². The van der Waals surface area contributed by atoms with Gasteiger partial charge in [-0.3, -0.25) is 9.59 Å². The summed E-state index contributed by atoms with van der Waals surface area (Å²) >= 11 is 3.50. The van der Waals surface area contributed by atoms with E-state index in [4.69, 9.17) is 4.74 Å². The molecule has 0 aliphatic carbocycles. The highest BCUT2D eigenvalue weighted by Gasteiger charge is 2.15. The molecule has 0 aromatic heterocycles. The molecular weight excluding hydrogens is 420 g/mol. The highest BCUT2D eigenvalue weighted by Crippen LogP contribution is 2.31. The maximum absolute atomic E-state index is 12.1. The standard InChI is InChI=1S/C22H27BrN2O3/c1-5-6-20(26)24-16-8-10-17(11-9-16)25-21(27)14-28-19-12-7-15(13-18(19)23)22(2,3)4/h7-13H,5-6,14H2,1-4H3,(H,24,26)(H,25,27). The summed E-state index contributed by atoms with van der Waals surface area (Å²) < 4.78 is 6.45. The summed E-state index contributed by atoms with van der Waals surface area (Å²) in [5.41, 5.74) is 2.57. The van der Waals surface area contributed by atoms with Crippen LogP contribution in [0.15, 0.2) is 46.9 Å². The van der Waals surface area contributed by atoms with E-state index in [-0.39, 0.29) is 23.8 Å². The fourth-order valence-corrected chi connectivity index (χ4v) is 3.01. The second kappa shape index (κ2) is 9.73. The molecule has 0 bridgehead atoms. The van der Waals surface area contributed by atoms with Gasteiger partial charge in [0, 0.05) is 17.8 Å². The third-order valence-electron chi connectivity index (χ3n) is 4.09. The summed E-state index contributed by atoms with van der Waals surface area (Å²) in [6, 6.07) is 12.9. The first kappa shape index (κ1) is 22.0. The number of benzene rings is 2. The van der Waals surface area contributed by atoms with E-state index in [0.717, 1.165) is 10.9 Å². The van der Waals surface area contributed by atoms with Crippen molar-refractivity contribution >= 4 is 39.1 Å². The SMILES string of the molecule is CCCC(=O)Nc1ccc(NC(=O)COc2ccc(C(C)(C)C)cc2Br)cc1. The predicted octanol–water partition coefficient (Wildman–Crippen LogP) is 5.50. The van der Waals surface area contributed by atoms with E-state index in [1.165, 1.54) is 5.56 Å². The van der Waals surface area contributed by atoms with E-state index in [9.17, 15) is 9.59 Å². The van der Waals surface area contributed by atoms with E-state index in [0.29, 0.717) is 23.5 Å². The van der Waals surface area contributed by atoms with Crippen LogP contribution in [0.5, 0.6) is 5.75 Å². The van der Waals surface area contributed by atoms with Gasteiger partial charge < -0.3 is 15.4 Å². The smallest absolute Gasteiger partial charge is 0.262 e. The van der Waals surface area contributed by atoms with Crippen LogP contribution in [0.25, 0.3) is 0 Å². The number of amides is 2. The van der Waals surface area contributed by atoms with Gasteiger partial charge in [0.25, 0.3) is 5.91 Å². The third-order valence-corrected chi connectivity index (χ3v) is 4.71. The van der Waals surface area contributed by atoms with Crippen LogP contribution in [0.2, 0.25) is 0 Å². The molecule has 2 aromatic carbocycles. The van der Waals surface area contributed by atoms with Crippen molar-refractivity contribution in [1.29, 1.82) is 0 Å². The van der Waals surface area contributed by atoms with E-state index in [2.05, 4.69) is 47.3 Å². The van der Waals surface area contributed by atoms with Gasteiger partial charge in [0.1, 0.15) is 5.75 Å². The molecule has 0 fully saturated rings. The van der Waals surface area contributed by atoms with Gasteiger partial charge in [-0.05, 0) is 69.7 Å². The normalized spacial score (nSPS) is 11.0. The van der Waals surface area contributed by atoms with Crippen molar-refractivity contribution in [2.75, 3.05) is 17.2 Å². The van der Waals surface area contributed by atoms with Crippen LogP contribution in [0, 0.1) is 0 Å². The van der Waals surface area contributed by atoms with Crippen molar-refractivity contribution < 1.29 is 14.3 Å². The molecule has 0 aliphatic rings. The molecule has 0 saturated carbocycles. The van der Waals surface area contributed by atoms with Crippen molar-refractivity contribution in [3.8, 4) is 5.75 Å². The van der Waals surface area contributed by atoms with Gasteiger partial charge >= 0.3 is 0 Å². The third kappa shape index (κ3) is 6.68. The molecule has 6 heteroatoms. The van der Waals surface area contributed by atoms with Gasteiger partial charge in [-0.1, -0.05) is 33.8 Å². The van der Waals surface area contributed by atoms with Crippen LogP contribution in [-0.4, -0.2) is 18.4 Å². The van der Waals surface area contributed by atoms with Gasteiger partial charge in [-0.25, -0.2) is 0 Å². The predicted molar refractivity (Wildman–Crippen MR) is 117 cm³/mol. The fraction of sp³-hybridized carbons (Fsp3) is 0.364. The van der Waals surface area contributed by atoms with Crippen molar-refractivity contribution in [1.82, 2.24) is 0 Å². The number of carbonyl (C=O) groups is 2. The summed E-state index contributed by atoms with van der Waals surface area (Å²) in [7, 11) is 0. The molecule has 2 N–H and O–H groups in total. The summed E-state index contributed by atoms with van der Waals surface area (Å²) in [6.07, 6.45) is 1.29. The fourth-order valence-electron chi connectivity index (χ4n) is 2.51. The van der Waals surface area contributed by atoms with Crippen LogP contribution in [0.1, 0.15) is 46.1 Å². The summed E-state index contributed by atoms with van der Waals surface area (Å²) in [5.74, 6) is 0.349. The average molecular weight is 447 g/mol. The Hall–Kier alpha value is -2.34. The van der Waals surface area contributed by atoms with Crippen molar-refractivity contribution in [3.63, 3.8) is 0 Å². The van der Waals surface area contributed by atoms with Gasteiger partial charge in [0.05, 0.1) is 4.47 Å². The minimum Gasteiger partial charge on any atom is -0.483 e. The highest BCUT2D eigenvalue weighted by molar-refractivity contribution is 9.10. The Balaban J connectivity index is 1.88. The molecule has 2 amide bonds. The van der Waals surface area contributed by atoms with Crippen molar-refractivity contribution in [3.05, 3.63) is 52.5 Å². The molecule has 0 heterocycles. The number of rotatable bonds is 7. The first-order valence-electron chi connectivity index (χ1n) is 9.31. The lowest BCUT2D eigenvalue weighted by atomic mass is 9.87. The second-order valence-electron chi connectivity index (χ2n) is 7.61. The van der Waals surface area contributed by atoms with Crippen molar-refractivity contribution in [2.45, 2.75) is 46.0 Å². The monoisotopic (exact) mass is 446 g/mol. The molecule has 28 heavy (non-hydrogen) atoms. The second-order valence-corrected chi connectivity index (χ2v) is 8.46. The zero-order valence-corrected chi connectivity index (χ0v) is 18.4. The van der Waals surface area contributed by atoms with Gasteiger partial charge in [-0.2, -0.15) is 0 Å². The number of carbonyl (C=O) groups excluding carboxylic acids is 2. The maximum atomic E-state index is 12.1. The largest absolute Gasteiger partial charge is 0.483 e. The number of hydrogen-bond donors (Lipinski definition) is 2. The molecule has 2 rings (SSSR count). The summed E-state index contributed by atoms with van der Waals surface area (Å²) in [6.45, 7) is 8.29. The Bertz CT molecular complexity index is 827. The Labute approximate surface area is 175 Å². The maximum Gasteiger partial charge on any atom is 0.262 e. The van der Waals surface area contributed by atoms with Crippen LogP contribution in [0.4, 0.5) is 11.4 Å². The number of anilines is 2.